The molecule has 0 unspecified atom stereocenters. The molecule has 0 bridgehead atoms. The van der Waals surface area contributed by atoms with Gasteiger partial charge < -0.3 is 20.9 Å². The van der Waals surface area contributed by atoms with Gasteiger partial charge in [-0.3, -0.25) is 4.79 Å². The molecule has 27 heavy (non-hydrogen) atoms. The summed E-state index contributed by atoms with van der Waals surface area (Å²) in [4.78, 5) is 20.8. The average molecular weight is 392 g/mol. The van der Waals surface area contributed by atoms with Crippen LogP contribution in [0.1, 0.15) is 30.0 Å². The molecule has 2 aromatic rings. The normalized spacial score (nSPS) is 12.1. The molecular weight excluding hydrogens is 364 g/mol. The highest BCUT2D eigenvalue weighted by Gasteiger charge is 2.25. The van der Waals surface area contributed by atoms with E-state index in [1.54, 1.807) is 30.8 Å². The van der Waals surface area contributed by atoms with Gasteiger partial charge in [0.25, 0.3) is 5.71 Å². The zero-order chi connectivity index (χ0) is 20.0. The predicted molar refractivity (Wildman–Crippen MR) is 107 cm³/mol. The highest BCUT2D eigenvalue weighted by atomic mass is 32.1. The molecule has 0 fully saturated rings. The van der Waals surface area contributed by atoms with Gasteiger partial charge >= 0.3 is 5.91 Å². The van der Waals surface area contributed by atoms with E-state index in [1.165, 1.54) is 11.3 Å². The van der Waals surface area contributed by atoms with Crippen molar-refractivity contribution in [3.8, 4) is 5.75 Å². The topological polar surface area (TPSA) is 111 Å². The zero-order valence-electron chi connectivity index (χ0n) is 16.1. The molecule has 0 saturated heterocycles. The van der Waals surface area contributed by atoms with Crippen molar-refractivity contribution in [2.24, 2.45) is 5.41 Å². The summed E-state index contributed by atoms with van der Waals surface area (Å²) in [6, 6.07) is 5.23. The number of carbonyl (C=O) groups is 1. The van der Waals surface area contributed by atoms with Crippen molar-refractivity contribution in [3.05, 3.63) is 39.8 Å². The maximum absolute atomic E-state index is 12.6. The van der Waals surface area contributed by atoms with Gasteiger partial charge in [0.2, 0.25) is 0 Å². The number of amides is 1. The smallest absolute Gasteiger partial charge is 0.316 e. The van der Waals surface area contributed by atoms with E-state index in [0.29, 0.717) is 35.9 Å². The molecular formula is C19H27N4O3S+. The minimum absolute atomic E-state index is 0.0232. The van der Waals surface area contributed by atoms with Crippen LogP contribution in [0.15, 0.2) is 23.7 Å². The van der Waals surface area contributed by atoms with Crippen LogP contribution in [0, 0.1) is 12.3 Å². The Labute approximate surface area is 163 Å². The number of nitrogens with two attached hydrogens (primary N) is 1. The molecule has 0 aliphatic heterocycles. The van der Waals surface area contributed by atoms with Crippen molar-refractivity contribution in [3.63, 3.8) is 0 Å². The molecule has 0 saturated carbocycles. The second-order valence-corrected chi connectivity index (χ2v) is 7.97. The molecule has 0 radical (unpaired) electrons. The summed E-state index contributed by atoms with van der Waals surface area (Å²) in [6.45, 7) is 6.41. The third kappa shape index (κ3) is 5.51. The van der Waals surface area contributed by atoms with Crippen LogP contribution in [-0.4, -0.2) is 41.9 Å². The van der Waals surface area contributed by atoms with Crippen molar-refractivity contribution >= 4 is 28.6 Å². The SMILES string of the molecule is C[NH+]=C(C(=O)NCC(C)(C)CO)c1cc(OCc2scnc2C)ccc1N. The summed E-state index contributed by atoms with van der Waals surface area (Å²) in [6.07, 6.45) is 0. The number of hydrogen-bond acceptors (Lipinski definition) is 6. The standard InChI is InChI=1S/C19H26N4O3S/c1-12-16(27-11-23-12)8-26-13-5-6-15(20)14(7-13)17(21-4)18(25)22-9-19(2,3)10-24/h5-7,11,24H,8-10,20H2,1-4H3,(H,22,25)/p+1. The first-order chi connectivity index (χ1) is 12.8. The Balaban J connectivity index is 2.15. The molecule has 5 N–H and O–H groups in total. The summed E-state index contributed by atoms with van der Waals surface area (Å²) in [5.74, 6) is 0.324. The van der Waals surface area contributed by atoms with E-state index in [4.69, 9.17) is 10.5 Å². The molecule has 1 aromatic carbocycles. The van der Waals surface area contributed by atoms with Gasteiger partial charge in [0.1, 0.15) is 19.4 Å². The fraction of sp³-hybridized carbons (Fsp3) is 0.421. The molecule has 0 aliphatic rings. The van der Waals surface area contributed by atoms with E-state index in [2.05, 4.69) is 15.3 Å². The summed E-state index contributed by atoms with van der Waals surface area (Å²) >= 11 is 1.54. The minimum atomic E-state index is -0.405. The predicted octanol–water partition coefficient (Wildman–Crippen LogP) is 0.247. The molecule has 1 amide bonds. The van der Waals surface area contributed by atoms with Crippen molar-refractivity contribution in [1.82, 2.24) is 10.3 Å². The number of rotatable bonds is 8. The van der Waals surface area contributed by atoms with Crippen LogP contribution < -0.4 is 20.8 Å². The van der Waals surface area contributed by atoms with Gasteiger partial charge in [0.15, 0.2) is 0 Å². The van der Waals surface area contributed by atoms with Crippen molar-refractivity contribution in [2.45, 2.75) is 27.4 Å². The van der Waals surface area contributed by atoms with E-state index >= 15 is 0 Å². The number of aromatic nitrogens is 1. The largest absolute Gasteiger partial charge is 0.488 e. The van der Waals surface area contributed by atoms with Crippen molar-refractivity contribution in [1.29, 1.82) is 0 Å². The lowest BCUT2D eigenvalue weighted by Crippen LogP contribution is -2.71. The first kappa shape index (κ1) is 20.9. The molecule has 1 aromatic heterocycles. The highest BCUT2D eigenvalue weighted by Crippen LogP contribution is 2.22. The zero-order valence-corrected chi connectivity index (χ0v) is 16.9. The van der Waals surface area contributed by atoms with Crippen LogP contribution in [0.3, 0.4) is 0 Å². The van der Waals surface area contributed by atoms with E-state index in [-0.39, 0.29) is 12.5 Å². The second-order valence-electron chi connectivity index (χ2n) is 7.03. The summed E-state index contributed by atoms with van der Waals surface area (Å²) in [5.41, 5.74) is 9.79. The summed E-state index contributed by atoms with van der Waals surface area (Å²) < 4.78 is 5.84. The number of hydrogen-bond donors (Lipinski definition) is 4. The maximum atomic E-state index is 12.6. The number of nitrogen functional groups attached to an aromatic ring is 1. The number of thiazole rings is 1. The maximum Gasteiger partial charge on any atom is 0.316 e. The number of ether oxygens (including phenoxy) is 1. The number of aliphatic hydroxyl groups excluding tert-OH is 1. The summed E-state index contributed by atoms with van der Waals surface area (Å²) in [5, 5.41) is 12.2. The molecule has 2 rings (SSSR count). The van der Waals surface area contributed by atoms with Crippen LogP contribution in [0.2, 0.25) is 0 Å². The Kier molecular flexibility index (Phi) is 6.92. The number of anilines is 1. The van der Waals surface area contributed by atoms with Crippen LogP contribution in [0.25, 0.3) is 0 Å². The molecule has 0 spiro atoms. The third-order valence-corrected chi connectivity index (χ3v) is 5.05. The lowest BCUT2D eigenvalue weighted by atomic mass is 9.95. The van der Waals surface area contributed by atoms with Gasteiger partial charge in [0, 0.05) is 24.3 Å². The van der Waals surface area contributed by atoms with E-state index in [1.807, 2.05) is 20.8 Å². The number of aryl methyl sites for hydroxylation is 1. The van der Waals surface area contributed by atoms with E-state index in [0.717, 1.165) is 10.6 Å². The quantitative estimate of drug-likeness (QED) is 0.381. The first-order valence-electron chi connectivity index (χ1n) is 8.63. The Bertz CT molecular complexity index is 830. The number of carbonyl (C=O) groups excluding carboxylic acids is 1. The summed E-state index contributed by atoms with van der Waals surface area (Å²) in [7, 11) is 1.67. The van der Waals surface area contributed by atoms with E-state index in [9.17, 15) is 9.90 Å². The average Bonchev–Trinajstić information content (AvgIpc) is 3.06. The van der Waals surface area contributed by atoms with Crippen LogP contribution in [-0.2, 0) is 11.4 Å². The Morgan fingerprint density at radius 2 is 2.19 bits per heavy atom. The van der Waals surface area contributed by atoms with Gasteiger partial charge in [0.05, 0.1) is 21.6 Å². The molecule has 1 heterocycles. The van der Waals surface area contributed by atoms with E-state index < -0.39 is 5.41 Å². The highest BCUT2D eigenvalue weighted by molar-refractivity contribution is 7.09. The van der Waals surface area contributed by atoms with Crippen LogP contribution in [0.5, 0.6) is 5.75 Å². The number of nitrogens with one attached hydrogen (secondary N) is 2. The molecule has 8 heteroatoms. The Morgan fingerprint density at radius 3 is 2.78 bits per heavy atom. The first-order valence-corrected chi connectivity index (χ1v) is 9.51. The number of aliphatic hydroxyl groups is 1. The third-order valence-electron chi connectivity index (χ3n) is 4.14. The fourth-order valence-corrected chi connectivity index (χ4v) is 2.98. The van der Waals surface area contributed by atoms with Crippen molar-refractivity contribution < 1.29 is 19.6 Å². The van der Waals surface area contributed by atoms with Gasteiger partial charge in [-0.25, -0.2) is 9.98 Å². The second kappa shape index (κ2) is 8.96. The van der Waals surface area contributed by atoms with Gasteiger partial charge in [-0.15, -0.1) is 11.3 Å². The Hall–Kier alpha value is -2.45. The molecule has 0 aliphatic carbocycles. The van der Waals surface area contributed by atoms with Crippen molar-refractivity contribution in [2.75, 3.05) is 25.9 Å². The number of benzene rings is 1. The monoisotopic (exact) mass is 391 g/mol. The fourth-order valence-electron chi connectivity index (χ4n) is 2.29. The lowest BCUT2D eigenvalue weighted by Gasteiger charge is -2.21. The molecule has 7 nitrogen and oxygen atoms in total. The van der Waals surface area contributed by atoms with Gasteiger partial charge in [-0.05, 0) is 25.1 Å². The van der Waals surface area contributed by atoms with Gasteiger partial charge in [-0.1, -0.05) is 13.8 Å². The number of nitrogens with zero attached hydrogens (tertiary/aromatic N) is 1. The van der Waals surface area contributed by atoms with Gasteiger partial charge in [-0.2, -0.15) is 0 Å². The molecule has 0 atom stereocenters. The minimum Gasteiger partial charge on any atom is -0.488 e. The molecule has 146 valence electrons. The lowest BCUT2D eigenvalue weighted by molar-refractivity contribution is -0.418. The van der Waals surface area contributed by atoms with Crippen LogP contribution >= 0.6 is 11.3 Å². The Morgan fingerprint density at radius 1 is 1.44 bits per heavy atom. The van der Waals surface area contributed by atoms with Crippen LogP contribution in [0.4, 0.5) is 5.69 Å².